The molecule has 0 saturated carbocycles. The molecule has 0 amide bonds. The minimum Gasteiger partial charge on any atom is -0.455 e. The van der Waals surface area contributed by atoms with Gasteiger partial charge in [0.15, 0.2) is 0 Å². The lowest BCUT2D eigenvalue weighted by atomic mass is 9.91. The van der Waals surface area contributed by atoms with Crippen molar-refractivity contribution in [2.75, 3.05) is 4.90 Å². The zero-order valence-corrected chi connectivity index (χ0v) is 33.9. The first-order valence-electron chi connectivity index (χ1n) is 21.3. The number of furan rings is 1. The lowest BCUT2D eigenvalue weighted by Crippen LogP contribution is -2.11. The summed E-state index contributed by atoms with van der Waals surface area (Å²) in [7, 11) is 0. The standard InChI is InChI=1S/C60H39NO/c1-2-15-40(16-3-1)41-29-31-44(32-30-41)50-22-10-12-27-56(50)61(46-35-33-43(34-36-46)48-26-14-19-42-17-4-6-20-47(42)48)57-38-37-53(60-59(57)54-25-11-13-28-58(54)62-60)55-39-45-18-5-7-21-49(45)51-23-8-9-24-52(51)55/h1-39H. The topological polar surface area (TPSA) is 16.4 Å². The lowest BCUT2D eigenvalue weighted by Gasteiger charge is -2.29. The number of hydrogen-bond acceptors (Lipinski definition) is 2. The van der Waals surface area contributed by atoms with Crippen LogP contribution in [0.15, 0.2) is 241 Å². The Hall–Kier alpha value is -8.20. The van der Waals surface area contributed by atoms with Crippen LogP contribution in [0.4, 0.5) is 17.1 Å². The minimum atomic E-state index is 0.859. The van der Waals surface area contributed by atoms with Crippen LogP contribution >= 0.6 is 0 Å². The van der Waals surface area contributed by atoms with Crippen LogP contribution in [-0.4, -0.2) is 0 Å². The average molecular weight is 790 g/mol. The van der Waals surface area contributed by atoms with Crippen LogP contribution in [0.25, 0.3) is 98.8 Å². The van der Waals surface area contributed by atoms with E-state index in [0.29, 0.717) is 0 Å². The Balaban J connectivity index is 1.10. The van der Waals surface area contributed by atoms with E-state index in [1.54, 1.807) is 0 Å². The van der Waals surface area contributed by atoms with E-state index in [2.05, 4.69) is 241 Å². The molecule has 0 aliphatic carbocycles. The van der Waals surface area contributed by atoms with Crippen molar-refractivity contribution in [3.05, 3.63) is 237 Å². The van der Waals surface area contributed by atoms with E-state index in [4.69, 9.17) is 4.42 Å². The largest absolute Gasteiger partial charge is 0.455 e. The predicted octanol–water partition coefficient (Wildman–Crippen LogP) is 17.2. The fraction of sp³-hybridized carbons (Fsp3) is 0. The van der Waals surface area contributed by atoms with Crippen LogP contribution in [0.5, 0.6) is 0 Å². The molecule has 290 valence electrons. The second-order valence-corrected chi connectivity index (χ2v) is 16.0. The molecule has 62 heavy (non-hydrogen) atoms. The molecule has 0 aliphatic rings. The molecule has 12 rings (SSSR count). The monoisotopic (exact) mass is 789 g/mol. The highest BCUT2D eigenvalue weighted by atomic mass is 16.3. The molecule has 2 heteroatoms. The Labute approximate surface area is 360 Å². The SMILES string of the molecule is c1ccc(-c2ccc(-c3ccccc3N(c3ccc(-c4cccc5ccccc45)cc3)c3ccc(-c4cc5ccccc5c5ccccc45)c4oc5ccccc5c34)cc2)cc1. The summed E-state index contributed by atoms with van der Waals surface area (Å²) in [5, 5.41) is 9.50. The first kappa shape index (κ1) is 35.7. The Morgan fingerprint density at radius 1 is 0.290 bits per heavy atom. The van der Waals surface area contributed by atoms with Gasteiger partial charge in [0, 0.05) is 22.2 Å². The summed E-state index contributed by atoms with van der Waals surface area (Å²) in [6.45, 7) is 0. The highest BCUT2D eigenvalue weighted by Crippen LogP contribution is 2.49. The summed E-state index contributed by atoms with van der Waals surface area (Å²) in [6, 6.07) is 85.4. The number of hydrogen-bond donors (Lipinski definition) is 0. The average Bonchev–Trinajstić information content (AvgIpc) is 3.75. The first-order valence-corrected chi connectivity index (χ1v) is 21.3. The Morgan fingerprint density at radius 3 is 1.68 bits per heavy atom. The highest BCUT2D eigenvalue weighted by Gasteiger charge is 2.25. The van der Waals surface area contributed by atoms with E-state index in [1.807, 2.05) is 0 Å². The third-order valence-corrected chi connectivity index (χ3v) is 12.5. The van der Waals surface area contributed by atoms with E-state index >= 15 is 0 Å². The van der Waals surface area contributed by atoms with Gasteiger partial charge in [-0.15, -0.1) is 0 Å². The fourth-order valence-corrected chi connectivity index (χ4v) is 9.55. The fourth-order valence-electron chi connectivity index (χ4n) is 9.55. The van der Waals surface area contributed by atoms with Crippen molar-refractivity contribution < 1.29 is 4.42 Å². The molecule has 12 aromatic rings. The number of rotatable bonds is 7. The molecule has 1 heterocycles. The summed E-state index contributed by atoms with van der Waals surface area (Å²) >= 11 is 0. The molecule has 11 aromatic carbocycles. The summed E-state index contributed by atoms with van der Waals surface area (Å²) in [5.74, 6) is 0. The molecule has 0 bridgehead atoms. The minimum absolute atomic E-state index is 0.859. The van der Waals surface area contributed by atoms with Crippen LogP contribution in [0.3, 0.4) is 0 Å². The Morgan fingerprint density at radius 2 is 0.855 bits per heavy atom. The molecule has 2 nitrogen and oxygen atoms in total. The molecule has 0 saturated heterocycles. The van der Waals surface area contributed by atoms with Gasteiger partial charge in [-0.25, -0.2) is 0 Å². The molecular formula is C60H39NO. The van der Waals surface area contributed by atoms with Gasteiger partial charge in [0.05, 0.1) is 16.8 Å². The maximum atomic E-state index is 7.02. The second kappa shape index (κ2) is 14.8. The second-order valence-electron chi connectivity index (χ2n) is 16.0. The van der Waals surface area contributed by atoms with Crippen molar-refractivity contribution in [1.82, 2.24) is 0 Å². The molecule has 1 aromatic heterocycles. The third kappa shape index (κ3) is 5.96. The van der Waals surface area contributed by atoms with Gasteiger partial charge in [-0.05, 0) is 108 Å². The zero-order chi connectivity index (χ0) is 41.0. The normalized spacial score (nSPS) is 11.5. The smallest absolute Gasteiger partial charge is 0.145 e. The van der Waals surface area contributed by atoms with Gasteiger partial charge in [-0.3, -0.25) is 0 Å². The van der Waals surface area contributed by atoms with Crippen molar-refractivity contribution in [3.63, 3.8) is 0 Å². The van der Waals surface area contributed by atoms with Crippen molar-refractivity contribution in [3.8, 4) is 44.5 Å². The van der Waals surface area contributed by atoms with Crippen molar-refractivity contribution in [1.29, 1.82) is 0 Å². The van der Waals surface area contributed by atoms with E-state index in [1.165, 1.54) is 54.6 Å². The van der Waals surface area contributed by atoms with Crippen LogP contribution in [0, 0.1) is 0 Å². The van der Waals surface area contributed by atoms with E-state index in [0.717, 1.165) is 61.3 Å². The van der Waals surface area contributed by atoms with Gasteiger partial charge in [0.2, 0.25) is 0 Å². The summed E-state index contributed by atoms with van der Waals surface area (Å²) in [5.41, 5.74) is 14.2. The van der Waals surface area contributed by atoms with Gasteiger partial charge in [0.25, 0.3) is 0 Å². The molecule has 0 spiro atoms. The van der Waals surface area contributed by atoms with Crippen LogP contribution < -0.4 is 4.90 Å². The van der Waals surface area contributed by atoms with E-state index in [-0.39, 0.29) is 0 Å². The van der Waals surface area contributed by atoms with Gasteiger partial charge in [-0.2, -0.15) is 0 Å². The van der Waals surface area contributed by atoms with Gasteiger partial charge in [-0.1, -0.05) is 194 Å². The Bertz CT molecular complexity index is 3610. The summed E-state index contributed by atoms with van der Waals surface area (Å²) in [6.07, 6.45) is 0. The maximum absolute atomic E-state index is 7.02. The zero-order valence-electron chi connectivity index (χ0n) is 33.9. The van der Waals surface area contributed by atoms with Gasteiger partial charge >= 0.3 is 0 Å². The molecular weight excluding hydrogens is 751 g/mol. The van der Waals surface area contributed by atoms with Crippen LogP contribution in [0.2, 0.25) is 0 Å². The van der Waals surface area contributed by atoms with E-state index in [9.17, 15) is 0 Å². The molecule has 0 unspecified atom stereocenters. The molecule has 0 radical (unpaired) electrons. The number of benzene rings is 11. The van der Waals surface area contributed by atoms with E-state index < -0.39 is 0 Å². The first-order chi connectivity index (χ1) is 30.8. The van der Waals surface area contributed by atoms with Crippen molar-refractivity contribution >= 4 is 71.3 Å². The van der Waals surface area contributed by atoms with Gasteiger partial charge in [0.1, 0.15) is 11.2 Å². The maximum Gasteiger partial charge on any atom is 0.145 e. The quantitative estimate of drug-likeness (QED) is 0.150. The van der Waals surface area contributed by atoms with Crippen molar-refractivity contribution in [2.24, 2.45) is 0 Å². The van der Waals surface area contributed by atoms with Crippen LogP contribution in [0.1, 0.15) is 0 Å². The molecule has 0 aliphatic heterocycles. The number of fused-ring (bicyclic) bond motifs is 7. The number of para-hydroxylation sites is 2. The highest BCUT2D eigenvalue weighted by molar-refractivity contribution is 6.21. The Kier molecular flexibility index (Phi) is 8.53. The summed E-state index contributed by atoms with van der Waals surface area (Å²) < 4.78 is 7.02. The predicted molar refractivity (Wildman–Crippen MR) is 263 cm³/mol. The number of anilines is 3. The van der Waals surface area contributed by atoms with Gasteiger partial charge < -0.3 is 9.32 Å². The third-order valence-electron chi connectivity index (χ3n) is 12.5. The van der Waals surface area contributed by atoms with Crippen molar-refractivity contribution in [2.45, 2.75) is 0 Å². The molecule has 0 fully saturated rings. The molecule has 0 N–H and O–H groups in total. The van der Waals surface area contributed by atoms with Crippen LogP contribution in [-0.2, 0) is 0 Å². The number of nitrogens with zero attached hydrogens (tertiary/aromatic N) is 1. The molecule has 0 atom stereocenters. The summed E-state index contributed by atoms with van der Waals surface area (Å²) in [4.78, 5) is 2.43. The lowest BCUT2D eigenvalue weighted by molar-refractivity contribution is 0.670.